The Morgan fingerprint density at radius 3 is 2.75 bits per heavy atom. The maximum Gasteiger partial charge on any atom is 0.260 e. The van der Waals surface area contributed by atoms with Crippen LogP contribution < -0.4 is 10.0 Å². The molecular formula is C12H17N5O2S. The van der Waals surface area contributed by atoms with Crippen molar-refractivity contribution in [2.24, 2.45) is 7.05 Å². The second-order valence-electron chi connectivity index (χ2n) is 4.21. The van der Waals surface area contributed by atoms with Gasteiger partial charge in [0.1, 0.15) is 5.82 Å². The van der Waals surface area contributed by atoms with Crippen molar-refractivity contribution in [3.05, 3.63) is 36.5 Å². The van der Waals surface area contributed by atoms with Crippen LogP contribution in [0.1, 0.15) is 5.82 Å². The molecular weight excluding hydrogens is 278 g/mol. The van der Waals surface area contributed by atoms with E-state index < -0.39 is 10.0 Å². The first-order valence-corrected chi connectivity index (χ1v) is 7.61. The number of pyridine rings is 1. The minimum Gasteiger partial charge on any atom is -0.386 e. The molecule has 0 saturated heterocycles. The molecule has 2 rings (SSSR count). The Labute approximate surface area is 118 Å². The maximum absolute atomic E-state index is 12.2. The van der Waals surface area contributed by atoms with Crippen LogP contribution >= 0.6 is 0 Å². The van der Waals surface area contributed by atoms with Crippen LogP contribution in [0.25, 0.3) is 0 Å². The van der Waals surface area contributed by atoms with Gasteiger partial charge in [-0.15, -0.1) is 0 Å². The Balaban J connectivity index is 2.06. The minimum absolute atomic E-state index is 0.00217. The lowest BCUT2D eigenvalue weighted by molar-refractivity contribution is 0.576. The van der Waals surface area contributed by atoms with Gasteiger partial charge in [0.15, 0.2) is 5.03 Å². The van der Waals surface area contributed by atoms with E-state index in [9.17, 15) is 8.42 Å². The zero-order valence-corrected chi connectivity index (χ0v) is 12.2. The summed E-state index contributed by atoms with van der Waals surface area (Å²) in [5.41, 5.74) is 0.469. The summed E-state index contributed by atoms with van der Waals surface area (Å²) in [5.74, 6) is 0.822. The van der Waals surface area contributed by atoms with Gasteiger partial charge in [0.2, 0.25) is 0 Å². The number of hydrogen-bond acceptors (Lipinski definition) is 5. The molecule has 8 heteroatoms. The first-order chi connectivity index (χ1) is 9.54. The van der Waals surface area contributed by atoms with E-state index in [1.807, 2.05) is 17.8 Å². The summed E-state index contributed by atoms with van der Waals surface area (Å²) in [7, 11) is -0.103. The quantitative estimate of drug-likeness (QED) is 0.804. The molecule has 0 aliphatic rings. The molecule has 2 aromatic heterocycles. The largest absolute Gasteiger partial charge is 0.386 e. The van der Waals surface area contributed by atoms with Gasteiger partial charge >= 0.3 is 0 Å². The van der Waals surface area contributed by atoms with Crippen LogP contribution in [0.2, 0.25) is 0 Å². The Morgan fingerprint density at radius 2 is 2.10 bits per heavy atom. The summed E-state index contributed by atoms with van der Waals surface area (Å²) >= 11 is 0. The van der Waals surface area contributed by atoms with Crippen LogP contribution in [0, 0.1) is 0 Å². The lowest BCUT2D eigenvalue weighted by atomic mass is 10.4. The SMILES string of the molecule is CNc1cccnc1S(=O)(=O)NCCc1nccn1C. The van der Waals surface area contributed by atoms with Gasteiger partial charge in [-0.05, 0) is 12.1 Å². The van der Waals surface area contributed by atoms with Crippen molar-refractivity contribution in [2.75, 3.05) is 18.9 Å². The third kappa shape index (κ3) is 3.14. The average molecular weight is 295 g/mol. The van der Waals surface area contributed by atoms with Gasteiger partial charge < -0.3 is 9.88 Å². The topological polar surface area (TPSA) is 88.9 Å². The molecule has 7 nitrogen and oxygen atoms in total. The van der Waals surface area contributed by atoms with E-state index in [4.69, 9.17) is 0 Å². The first-order valence-electron chi connectivity index (χ1n) is 6.13. The van der Waals surface area contributed by atoms with Crippen molar-refractivity contribution < 1.29 is 8.42 Å². The highest BCUT2D eigenvalue weighted by Crippen LogP contribution is 2.16. The molecule has 108 valence electrons. The zero-order chi connectivity index (χ0) is 14.6. The summed E-state index contributed by atoms with van der Waals surface area (Å²) in [5, 5.41) is 2.82. The van der Waals surface area contributed by atoms with E-state index in [1.165, 1.54) is 6.20 Å². The second-order valence-corrected chi connectivity index (χ2v) is 5.89. The maximum atomic E-state index is 12.2. The molecule has 0 amide bonds. The fraction of sp³-hybridized carbons (Fsp3) is 0.333. The standard InChI is InChI=1S/C12H17N5O2S/c1-13-10-4-3-6-15-12(10)20(18,19)16-7-5-11-14-8-9-17(11)2/h3-4,6,8-9,13,16H,5,7H2,1-2H3. The van der Waals surface area contributed by atoms with Gasteiger partial charge in [-0.25, -0.2) is 23.1 Å². The third-order valence-electron chi connectivity index (χ3n) is 2.86. The summed E-state index contributed by atoms with van der Waals surface area (Å²) in [6.45, 7) is 0.271. The van der Waals surface area contributed by atoms with E-state index >= 15 is 0 Å². The summed E-state index contributed by atoms with van der Waals surface area (Å²) in [6, 6.07) is 3.35. The molecule has 0 fully saturated rings. The van der Waals surface area contributed by atoms with E-state index in [-0.39, 0.29) is 11.6 Å². The summed E-state index contributed by atoms with van der Waals surface area (Å²) < 4.78 is 28.8. The first kappa shape index (κ1) is 14.5. The predicted molar refractivity (Wildman–Crippen MR) is 75.9 cm³/mol. The number of aryl methyl sites for hydroxylation is 1. The molecule has 0 unspecified atom stereocenters. The van der Waals surface area contributed by atoms with Crippen molar-refractivity contribution in [3.63, 3.8) is 0 Å². The zero-order valence-electron chi connectivity index (χ0n) is 11.4. The number of rotatable bonds is 6. The lowest BCUT2D eigenvalue weighted by Crippen LogP contribution is -2.28. The van der Waals surface area contributed by atoms with Crippen LogP contribution in [0.15, 0.2) is 35.7 Å². The van der Waals surface area contributed by atoms with Crippen molar-refractivity contribution in [3.8, 4) is 0 Å². The summed E-state index contributed by atoms with van der Waals surface area (Å²) in [4.78, 5) is 8.06. The lowest BCUT2D eigenvalue weighted by Gasteiger charge is -2.09. The molecule has 2 aromatic rings. The number of anilines is 1. The van der Waals surface area contributed by atoms with Crippen LogP contribution in [0.5, 0.6) is 0 Å². The van der Waals surface area contributed by atoms with Crippen molar-refractivity contribution >= 4 is 15.7 Å². The van der Waals surface area contributed by atoms with Crippen molar-refractivity contribution in [1.82, 2.24) is 19.3 Å². The van der Waals surface area contributed by atoms with Crippen molar-refractivity contribution in [1.29, 1.82) is 0 Å². The van der Waals surface area contributed by atoms with Gasteiger partial charge in [0.05, 0.1) is 5.69 Å². The Bertz CT molecular complexity index is 681. The highest BCUT2D eigenvalue weighted by Gasteiger charge is 2.19. The molecule has 0 aromatic carbocycles. The molecule has 0 aliphatic heterocycles. The number of imidazole rings is 1. The molecule has 0 saturated carbocycles. The number of aromatic nitrogens is 3. The molecule has 0 bridgehead atoms. The number of nitrogens with one attached hydrogen (secondary N) is 2. The predicted octanol–water partition coefficient (Wildman–Crippen LogP) is 0.378. The summed E-state index contributed by atoms with van der Waals surface area (Å²) in [6.07, 6.45) is 5.47. The van der Waals surface area contributed by atoms with Gasteiger partial charge in [-0.1, -0.05) is 0 Å². The second kappa shape index (κ2) is 6.02. The molecule has 2 N–H and O–H groups in total. The third-order valence-corrected chi connectivity index (χ3v) is 4.28. The van der Waals surface area contributed by atoms with E-state index in [1.54, 1.807) is 25.4 Å². The average Bonchev–Trinajstić information content (AvgIpc) is 2.84. The Kier molecular flexibility index (Phi) is 4.35. The Morgan fingerprint density at radius 1 is 1.30 bits per heavy atom. The van der Waals surface area contributed by atoms with Gasteiger partial charge in [0.25, 0.3) is 10.0 Å². The molecule has 0 spiro atoms. The monoisotopic (exact) mass is 295 g/mol. The molecule has 0 aliphatic carbocycles. The number of sulfonamides is 1. The van der Waals surface area contributed by atoms with Gasteiger partial charge in [-0.2, -0.15) is 0 Å². The number of hydrogen-bond donors (Lipinski definition) is 2. The highest BCUT2D eigenvalue weighted by atomic mass is 32.2. The van der Waals surface area contributed by atoms with Crippen LogP contribution in [0.3, 0.4) is 0 Å². The number of nitrogens with zero attached hydrogens (tertiary/aromatic N) is 3. The van der Waals surface area contributed by atoms with E-state index in [2.05, 4.69) is 20.0 Å². The normalized spacial score (nSPS) is 11.5. The Hall–Kier alpha value is -1.93. The van der Waals surface area contributed by atoms with Crippen LogP contribution in [-0.4, -0.2) is 36.5 Å². The van der Waals surface area contributed by atoms with E-state index in [0.717, 1.165) is 5.82 Å². The molecule has 20 heavy (non-hydrogen) atoms. The molecule has 0 atom stereocenters. The fourth-order valence-electron chi connectivity index (χ4n) is 1.80. The smallest absolute Gasteiger partial charge is 0.260 e. The highest BCUT2D eigenvalue weighted by molar-refractivity contribution is 7.89. The van der Waals surface area contributed by atoms with Crippen LogP contribution in [0.4, 0.5) is 5.69 Å². The molecule has 0 radical (unpaired) electrons. The minimum atomic E-state index is -3.63. The fourth-order valence-corrected chi connectivity index (χ4v) is 2.96. The van der Waals surface area contributed by atoms with Gasteiger partial charge in [0, 0.05) is 45.7 Å². The van der Waals surface area contributed by atoms with E-state index in [0.29, 0.717) is 12.1 Å². The van der Waals surface area contributed by atoms with Gasteiger partial charge in [-0.3, -0.25) is 0 Å². The van der Waals surface area contributed by atoms with Crippen molar-refractivity contribution in [2.45, 2.75) is 11.4 Å². The molecule has 2 heterocycles. The van der Waals surface area contributed by atoms with Crippen LogP contribution in [-0.2, 0) is 23.5 Å².